The van der Waals surface area contributed by atoms with Gasteiger partial charge in [0.1, 0.15) is 23.6 Å². The number of aromatic nitrogens is 3. The van der Waals surface area contributed by atoms with Crippen LogP contribution in [0, 0.1) is 12.7 Å². The fourth-order valence-electron chi connectivity index (χ4n) is 7.80. The number of aryl methyl sites for hydroxylation is 1. The molecule has 4 saturated heterocycles. The molecule has 39 heavy (non-hydrogen) atoms. The number of rotatable bonds is 6. The second kappa shape index (κ2) is 9.66. The van der Waals surface area contributed by atoms with Crippen molar-refractivity contribution in [3.05, 3.63) is 41.3 Å². The van der Waals surface area contributed by atoms with Gasteiger partial charge < -0.3 is 15.0 Å². The van der Waals surface area contributed by atoms with E-state index in [2.05, 4.69) is 42.0 Å². The Balaban J connectivity index is 1.33. The third-order valence-corrected chi connectivity index (χ3v) is 9.60. The van der Waals surface area contributed by atoms with Crippen LogP contribution in [0.15, 0.2) is 24.4 Å². The molecule has 0 spiro atoms. The van der Waals surface area contributed by atoms with Crippen LogP contribution >= 0.6 is 0 Å². The number of hydrogen-bond donors (Lipinski definition) is 1. The molecular weight excluding hydrogens is 491 g/mol. The molecule has 4 aliphatic heterocycles. The molecule has 206 valence electrons. The summed E-state index contributed by atoms with van der Waals surface area (Å²) in [6.45, 7) is 10.9. The third kappa shape index (κ3) is 4.27. The Hall–Kier alpha value is -2.84. The molecule has 0 aliphatic carbocycles. The summed E-state index contributed by atoms with van der Waals surface area (Å²) in [5, 5.41) is 4.35. The Morgan fingerprint density at radius 3 is 2.56 bits per heavy atom. The Morgan fingerprint density at radius 2 is 1.85 bits per heavy atom. The van der Waals surface area contributed by atoms with Crippen molar-refractivity contribution in [1.82, 2.24) is 25.2 Å². The Kier molecular flexibility index (Phi) is 6.23. The van der Waals surface area contributed by atoms with Gasteiger partial charge in [0.2, 0.25) is 0 Å². The molecule has 6 heterocycles. The molecule has 1 aromatic carbocycles. The fourth-order valence-corrected chi connectivity index (χ4v) is 7.80. The average molecular weight is 531 g/mol. The molecule has 2 atom stereocenters. The first-order valence-electron chi connectivity index (χ1n) is 14.8. The van der Waals surface area contributed by atoms with Crippen LogP contribution in [0.4, 0.5) is 10.2 Å². The van der Waals surface area contributed by atoms with Crippen molar-refractivity contribution in [1.29, 1.82) is 0 Å². The highest BCUT2D eigenvalue weighted by atomic mass is 19.1. The predicted molar refractivity (Wildman–Crippen MR) is 152 cm³/mol. The van der Waals surface area contributed by atoms with Crippen LogP contribution in [0.25, 0.3) is 22.2 Å². The number of nitrogens with zero attached hydrogens (tertiary/aromatic N) is 5. The lowest BCUT2D eigenvalue weighted by Crippen LogP contribution is -2.51. The van der Waals surface area contributed by atoms with Crippen LogP contribution < -0.4 is 15.0 Å². The summed E-state index contributed by atoms with van der Waals surface area (Å²) in [6, 6.07) is 7.17. The number of anilines is 1. The van der Waals surface area contributed by atoms with E-state index in [1.807, 2.05) is 12.1 Å². The number of hydrogen-bond acceptors (Lipinski definition) is 7. The maximum absolute atomic E-state index is 16.5. The first kappa shape index (κ1) is 25.1. The number of nitrogens with one attached hydrogen (secondary N) is 1. The lowest BCUT2D eigenvalue weighted by atomic mass is 9.90. The second-order valence-corrected chi connectivity index (χ2v) is 12.5. The predicted octanol–water partition coefficient (Wildman–Crippen LogP) is 5.21. The Labute approximate surface area is 230 Å². The average Bonchev–Trinajstić information content (AvgIpc) is 3.60. The summed E-state index contributed by atoms with van der Waals surface area (Å²) in [4.78, 5) is 19.2. The molecular formula is C31H39FN6O. The lowest BCUT2D eigenvalue weighted by molar-refractivity contribution is 0.108. The second-order valence-electron chi connectivity index (χ2n) is 12.5. The highest BCUT2D eigenvalue weighted by molar-refractivity contribution is 5.92. The van der Waals surface area contributed by atoms with Crippen molar-refractivity contribution in [2.24, 2.45) is 0 Å². The van der Waals surface area contributed by atoms with E-state index in [4.69, 9.17) is 19.7 Å². The maximum atomic E-state index is 16.5. The van der Waals surface area contributed by atoms with Gasteiger partial charge in [0.15, 0.2) is 5.82 Å². The molecule has 4 fully saturated rings. The van der Waals surface area contributed by atoms with Gasteiger partial charge in [-0.15, -0.1) is 0 Å². The molecule has 7 nitrogen and oxygen atoms in total. The minimum atomic E-state index is -0.395. The van der Waals surface area contributed by atoms with Crippen LogP contribution in [0.3, 0.4) is 0 Å². The van der Waals surface area contributed by atoms with Gasteiger partial charge in [-0.1, -0.05) is 32.0 Å². The first-order chi connectivity index (χ1) is 18.9. The van der Waals surface area contributed by atoms with E-state index >= 15 is 4.39 Å². The van der Waals surface area contributed by atoms with E-state index in [9.17, 15) is 0 Å². The van der Waals surface area contributed by atoms with Gasteiger partial charge >= 0.3 is 6.01 Å². The van der Waals surface area contributed by atoms with Crippen molar-refractivity contribution in [3.8, 4) is 17.3 Å². The van der Waals surface area contributed by atoms with Crippen LogP contribution in [0.1, 0.15) is 69.4 Å². The minimum absolute atomic E-state index is 0.0717. The van der Waals surface area contributed by atoms with Crippen molar-refractivity contribution < 1.29 is 9.13 Å². The highest BCUT2D eigenvalue weighted by Gasteiger charge is 2.45. The van der Waals surface area contributed by atoms with Crippen LogP contribution in [-0.2, 0) is 0 Å². The number of benzene rings is 1. The number of fused-ring (bicyclic) bond motifs is 4. The minimum Gasteiger partial charge on any atom is -0.461 e. The van der Waals surface area contributed by atoms with Gasteiger partial charge in [0.05, 0.1) is 10.9 Å². The zero-order valence-electron chi connectivity index (χ0n) is 23.3. The van der Waals surface area contributed by atoms with Crippen LogP contribution in [0.2, 0.25) is 0 Å². The van der Waals surface area contributed by atoms with Gasteiger partial charge in [0, 0.05) is 36.9 Å². The summed E-state index contributed by atoms with van der Waals surface area (Å²) in [7, 11) is 0. The normalized spacial score (nSPS) is 24.2. The molecule has 2 aromatic heterocycles. The van der Waals surface area contributed by atoms with E-state index in [0.717, 1.165) is 74.4 Å². The van der Waals surface area contributed by atoms with Crippen LogP contribution in [-0.4, -0.2) is 70.3 Å². The molecule has 0 radical (unpaired) electrons. The van der Waals surface area contributed by atoms with Gasteiger partial charge in [-0.25, -0.2) is 4.39 Å². The molecule has 0 amide bonds. The van der Waals surface area contributed by atoms with E-state index in [1.54, 1.807) is 6.20 Å². The maximum Gasteiger partial charge on any atom is 0.319 e. The highest BCUT2D eigenvalue weighted by Crippen LogP contribution is 2.40. The number of pyridine rings is 1. The molecule has 4 aliphatic rings. The molecule has 2 bridgehead atoms. The summed E-state index contributed by atoms with van der Waals surface area (Å²) in [5.41, 5.74) is 3.82. The van der Waals surface area contributed by atoms with E-state index < -0.39 is 5.82 Å². The lowest BCUT2D eigenvalue weighted by Gasteiger charge is -2.34. The number of piperazine rings is 1. The van der Waals surface area contributed by atoms with E-state index in [1.165, 1.54) is 12.8 Å². The monoisotopic (exact) mass is 530 g/mol. The van der Waals surface area contributed by atoms with Crippen molar-refractivity contribution in [2.45, 2.75) is 82.8 Å². The molecule has 7 rings (SSSR count). The summed E-state index contributed by atoms with van der Waals surface area (Å²) < 4.78 is 22.9. The fraction of sp³-hybridized carbons (Fsp3) is 0.581. The quantitative estimate of drug-likeness (QED) is 0.469. The third-order valence-electron chi connectivity index (χ3n) is 9.60. The summed E-state index contributed by atoms with van der Waals surface area (Å²) in [5.74, 6) is 0.592. The zero-order valence-corrected chi connectivity index (χ0v) is 23.3. The summed E-state index contributed by atoms with van der Waals surface area (Å²) in [6.07, 6.45) is 8.79. The summed E-state index contributed by atoms with van der Waals surface area (Å²) >= 11 is 0. The Bertz CT molecular complexity index is 1390. The Morgan fingerprint density at radius 1 is 1.10 bits per heavy atom. The van der Waals surface area contributed by atoms with E-state index in [0.29, 0.717) is 35.3 Å². The number of ether oxygens (including phenoxy) is 1. The first-order valence-corrected chi connectivity index (χ1v) is 14.8. The largest absolute Gasteiger partial charge is 0.461 e. The van der Waals surface area contributed by atoms with Gasteiger partial charge in [-0.05, 0) is 75.6 Å². The molecule has 1 N–H and O–H groups in total. The molecule has 3 aromatic rings. The topological polar surface area (TPSA) is 66.4 Å². The SMILES string of the molecule is Cc1cccc(-c2ncc3c(N4C[C@H]5CC[C@@H](C4)N5)nc(OCC45CCCN4CCC5)nc3c2F)c1C(C)C. The van der Waals surface area contributed by atoms with E-state index in [-0.39, 0.29) is 17.5 Å². The van der Waals surface area contributed by atoms with Crippen molar-refractivity contribution in [2.75, 3.05) is 37.7 Å². The van der Waals surface area contributed by atoms with Gasteiger partial charge in [-0.2, -0.15) is 9.97 Å². The zero-order chi connectivity index (χ0) is 26.7. The number of halogens is 1. The van der Waals surface area contributed by atoms with Crippen molar-refractivity contribution in [3.63, 3.8) is 0 Å². The molecule has 8 heteroatoms. The standard InChI is InChI=1S/C31H39FN6O/c1-19(2)25-20(3)7-4-8-23(25)27-26(32)28-24(15-33-27)29(37-16-21-9-10-22(17-37)34-21)36-30(35-28)39-18-31-11-5-13-38(31)14-6-12-31/h4,7-8,15,19,21-22,34H,5-6,9-14,16-18H2,1-3H3/t21-,22+. The smallest absolute Gasteiger partial charge is 0.319 e. The van der Waals surface area contributed by atoms with Gasteiger partial charge in [0.25, 0.3) is 0 Å². The van der Waals surface area contributed by atoms with Crippen LogP contribution in [0.5, 0.6) is 6.01 Å². The molecule has 0 unspecified atom stereocenters. The van der Waals surface area contributed by atoms with Crippen molar-refractivity contribution >= 4 is 16.7 Å². The van der Waals surface area contributed by atoms with Gasteiger partial charge in [-0.3, -0.25) is 9.88 Å². The molecule has 0 saturated carbocycles.